The second-order valence-electron chi connectivity index (χ2n) is 4.76. The zero-order chi connectivity index (χ0) is 8.93. The van der Waals surface area contributed by atoms with Crippen LogP contribution >= 0.6 is 0 Å². The number of hydrogen-bond acceptors (Lipinski definition) is 1. The molecular weight excluding hydrogens is 148 g/mol. The van der Waals surface area contributed by atoms with Crippen molar-refractivity contribution in [2.45, 2.75) is 26.7 Å². The lowest BCUT2D eigenvalue weighted by molar-refractivity contribution is -0.123. The molecule has 1 heteroatoms. The molecule has 1 nitrogen and oxygen atoms in total. The van der Waals surface area contributed by atoms with Crippen molar-refractivity contribution in [3.05, 3.63) is 12.7 Å². The third-order valence-electron chi connectivity index (χ3n) is 3.75. The second-order valence-corrected chi connectivity index (χ2v) is 4.76. The average Bonchev–Trinajstić information content (AvgIpc) is 2.36. The van der Waals surface area contributed by atoms with Crippen molar-refractivity contribution in [1.82, 2.24) is 0 Å². The van der Waals surface area contributed by atoms with E-state index in [0.717, 1.165) is 12.8 Å². The van der Waals surface area contributed by atoms with E-state index in [1.807, 2.05) is 6.08 Å². The van der Waals surface area contributed by atoms with Crippen LogP contribution < -0.4 is 0 Å². The van der Waals surface area contributed by atoms with Crippen LogP contribution in [0.4, 0.5) is 0 Å². The quantitative estimate of drug-likeness (QED) is 0.573. The fraction of sp³-hybridized carbons (Fsp3) is 0.727. The number of allylic oxidation sites excluding steroid dienone is 1. The summed E-state index contributed by atoms with van der Waals surface area (Å²) in [6, 6.07) is 0. The Hall–Kier alpha value is -0.590. The van der Waals surface area contributed by atoms with Gasteiger partial charge in [-0.2, -0.15) is 0 Å². The van der Waals surface area contributed by atoms with E-state index >= 15 is 0 Å². The van der Waals surface area contributed by atoms with E-state index in [0.29, 0.717) is 29.0 Å². The lowest BCUT2D eigenvalue weighted by Gasteiger charge is -2.13. The summed E-state index contributed by atoms with van der Waals surface area (Å²) in [5.41, 5.74) is 0.328. The molecule has 3 atom stereocenters. The molecule has 66 valence electrons. The Morgan fingerprint density at radius 3 is 2.75 bits per heavy atom. The Morgan fingerprint density at radius 2 is 2.33 bits per heavy atom. The summed E-state index contributed by atoms with van der Waals surface area (Å²) in [4.78, 5) is 11.7. The first-order valence-corrected chi connectivity index (χ1v) is 4.73. The van der Waals surface area contributed by atoms with Crippen LogP contribution in [0.3, 0.4) is 0 Å². The zero-order valence-electron chi connectivity index (χ0n) is 7.84. The molecule has 0 aromatic carbocycles. The summed E-state index contributed by atoms with van der Waals surface area (Å²) in [6.07, 6.45) is 3.88. The van der Waals surface area contributed by atoms with Gasteiger partial charge in [-0.05, 0) is 24.2 Å². The number of fused-ring (bicyclic) bond motifs is 1. The van der Waals surface area contributed by atoms with Crippen LogP contribution in [0.5, 0.6) is 0 Å². The largest absolute Gasteiger partial charge is 0.299 e. The lowest BCUT2D eigenvalue weighted by atomic mass is 9.90. The van der Waals surface area contributed by atoms with Crippen LogP contribution in [0.15, 0.2) is 12.7 Å². The average molecular weight is 164 g/mol. The van der Waals surface area contributed by atoms with E-state index in [4.69, 9.17) is 0 Å². The van der Waals surface area contributed by atoms with E-state index in [9.17, 15) is 4.79 Å². The normalized spacial score (nSPS) is 42.5. The monoisotopic (exact) mass is 164 g/mol. The summed E-state index contributed by atoms with van der Waals surface area (Å²) in [5, 5.41) is 0. The minimum Gasteiger partial charge on any atom is -0.299 e. The number of ketones is 1. The van der Waals surface area contributed by atoms with Gasteiger partial charge in [0, 0.05) is 11.8 Å². The molecule has 2 saturated carbocycles. The molecule has 0 spiro atoms. The van der Waals surface area contributed by atoms with Gasteiger partial charge in [-0.25, -0.2) is 0 Å². The highest BCUT2D eigenvalue weighted by atomic mass is 16.1. The highest BCUT2D eigenvalue weighted by molar-refractivity contribution is 5.90. The fourth-order valence-corrected chi connectivity index (χ4v) is 2.84. The SMILES string of the molecule is C=CC[C@@H]1C[C@@H]2[C@H](C1=O)C2(C)C. The molecule has 0 unspecified atom stereocenters. The zero-order valence-corrected chi connectivity index (χ0v) is 7.84. The summed E-state index contributed by atoms with van der Waals surface area (Å²) in [6.45, 7) is 8.11. The maximum absolute atomic E-state index is 11.7. The van der Waals surface area contributed by atoms with Gasteiger partial charge < -0.3 is 0 Å². The van der Waals surface area contributed by atoms with Crippen molar-refractivity contribution < 1.29 is 4.79 Å². The molecular formula is C11H16O. The van der Waals surface area contributed by atoms with E-state index in [1.165, 1.54) is 0 Å². The molecule has 2 aliphatic rings. The molecule has 2 aliphatic carbocycles. The summed E-state index contributed by atoms with van der Waals surface area (Å²) in [5.74, 6) is 1.90. The van der Waals surface area contributed by atoms with Gasteiger partial charge in [-0.1, -0.05) is 19.9 Å². The molecule has 0 aromatic rings. The molecule has 0 aromatic heterocycles. The Kier molecular flexibility index (Phi) is 1.48. The van der Waals surface area contributed by atoms with E-state index < -0.39 is 0 Å². The number of hydrogen-bond donors (Lipinski definition) is 0. The van der Waals surface area contributed by atoms with Crippen molar-refractivity contribution in [2.24, 2.45) is 23.2 Å². The third-order valence-corrected chi connectivity index (χ3v) is 3.75. The number of carbonyl (C=O) groups is 1. The number of rotatable bonds is 2. The van der Waals surface area contributed by atoms with Gasteiger partial charge in [0.15, 0.2) is 0 Å². The van der Waals surface area contributed by atoms with Gasteiger partial charge >= 0.3 is 0 Å². The van der Waals surface area contributed by atoms with Crippen molar-refractivity contribution in [3.63, 3.8) is 0 Å². The van der Waals surface area contributed by atoms with E-state index in [2.05, 4.69) is 20.4 Å². The number of Topliss-reactive ketones (excluding diaryl/α,β-unsaturated/α-hetero) is 1. The van der Waals surface area contributed by atoms with Gasteiger partial charge in [0.2, 0.25) is 0 Å². The van der Waals surface area contributed by atoms with Crippen molar-refractivity contribution >= 4 is 5.78 Å². The van der Waals surface area contributed by atoms with Crippen molar-refractivity contribution in [3.8, 4) is 0 Å². The van der Waals surface area contributed by atoms with Crippen LogP contribution in [0.1, 0.15) is 26.7 Å². The van der Waals surface area contributed by atoms with Gasteiger partial charge in [-0.15, -0.1) is 6.58 Å². The van der Waals surface area contributed by atoms with Crippen molar-refractivity contribution in [1.29, 1.82) is 0 Å². The van der Waals surface area contributed by atoms with E-state index in [1.54, 1.807) is 0 Å². The standard InChI is InChI=1S/C11H16O/c1-4-5-7-6-8-9(10(7)12)11(8,2)3/h4,7-9H,1,5-6H2,2-3H3/t7-,8-,9-/m1/s1. The maximum Gasteiger partial charge on any atom is 0.140 e. The third kappa shape index (κ3) is 0.825. The summed E-state index contributed by atoms with van der Waals surface area (Å²) in [7, 11) is 0. The molecule has 0 N–H and O–H groups in total. The Balaban J connectivity index is 2.06. The first-order valence-electron chi connectivity index (χ1n) is 4.73. The van der Waals surface area contributed by atoms with Gasteiger partial charge in [0.1, 0.15) is 5.78 Å². The molecule has 12 heavy (non-hydrogen) atoms. The van der Waals surface area contributed by atoms with E-state index in [-0.39, 0.29) is 0 Å². The molecule has 2 rings (SSSR count). The highest BCUT2D eigenvalue weighted by Crippen LogP contribution is 2.66. The molecule has 0 heterocycles. The predicted octanol–water partition coefficient (Wildman–Crippen LogP) is 2.42. The predicted molar refractivity (Wildman–Crippen MR) is 48.7 cm³/mol. The smallest absolute Gasteiger partial charge is 0.140 e. The summed E-state index contributed by atoms with van der Waals surface area (Å²) >= 11 is 0. The highest BCUT2D eigenvalue weighted by Gasteiger charge is 2.66. The first-order chi connectivity index (χ1) is 5.59. The van der Waals surface area contributed by atoms with Gasteiger partial charge in [0.25, 0.3) is 0 Å². The fourth-order valence-electron chi connectivity index (χ4n) is 2.84. The molecule has 0 bridgehead atoms. The van der Waals surface area contributed by atoms with Crippen LogP contribution in [0.2, 0.25) is 0 Å². The molecule has 0 radical (unpaired) electrons. The van der Waals surface area contributed by atoms with Crippen LogP contribution in [-0.4, -0.2) is 5.78 Å². The van der Waals surface area contributed by atoms with Gasteiger partial charge in [0.05, 0.1) is 0 Å². The Labute approximate surface area is 73.8 Å². The summed E-state index contributed by atoms with van der Waals surface area (Å²) < 4.78 is 0. The minimum atomic E-state index is 0.311. The molecule has 0 saturated heterocycles. The van der Waals surface area contributed by atoms with Crippen LogP contribution in [0, 0.1) is 23.2 Å². The molecule has 2 fully saturated rings. The van der Waals surface area contributed by atoms with Gasteiger partial charge in [-0.3, -0.25) is 4.79 Å². The van der Waals surface area contributed by atoms with Crippen molar-refractivity contribution in [2.75, 3.05) is 0 Å². The second kappa shape index (κ2) is 2.21. The molecule has 0 amide bonds. The maximum atomic E-state index is 11.7. The first kappa shape index (κ1) is 8.03. The molecule has 0 aliphatic heterocycles. The Morgan fingerprint density at radius 1 is 1.67 bits per heavy atom. The topological polar surface area (TPSA) is 17.1 Å². The number of carbonyl (C=O) groups excluding carboxylic acids is 1. The lowest BCUT2D eigenvalue weighted by Crippen LogP contribution is -2.16. The van der Waals surface area contributed by atoms with Crippen LogP contribution in [0.25, 0.3) is 0 Å². The minimum absolute atomic E-state index is 0.311. The Bertz CT molecular complexity index is 239. The van der Waals surface area contributed by atoms with Crippen LogP contribution in [-0.2, 0) is 4.79 Å².